The summed E-state index contributed by atoms with van der Waals surface area (Å²) < 4.78 is 0. The van der Waals surface area contributed by atoms with Crippen LogP contribution in [-0.4, -0.2) is 29.8 Å². The average Bonchev–Trinajstić information content (AvgIpc) is 2.64. The summed E-state index contributed by atoms with van der Waals surface area (Å²) in [5.74, 6) is 0.352. The fourth-order valence-corrected chi connectivity index (χ4v) is 3.55. The minimum Gasteiger partial charge on any atom is -0.338 e. The molecular weight excluding hydrogens is 324 g/mol. The average molecular weight is 350 g/mol. The molecule has 2 amide bonds. The van der Waals surface area contributed by atoms with E-state index in [2.05, 4.69) is 12.2 Å². The second kappa shape index (κ2) is 7.73. The Morgan fingerprint density at radius 1 is 1.04 bits per heavy atom. The first-order valence-electron chi connectivity index (χ1n) is 9.22. The van der Waals surface area contributed by atoms with Gasteiger partial charge in [-0.2, -0.15) is 0 Å². The van der Waals surface area contributed by atoms with Gasteiger partial charge in [-0.3, -0.25) is 9.59 Å². The molecule has 0 radical (unpaired) electrons. The van der Waals surface area contributed by atoms with Crippen LogP contribution >= 0.6 is 0 Å². The van der Waals surface area contributed by atoms with Crippen LogP contribution in [0.2, 0.25) is 0 Å². The normalized spacial score (nSPS) is 17.0. The zero-order valence-electron chi connectivity index (χ0n) is 15.7. The predicted molar refractivity (Wildman–Crippen MR) is 105 cm³/mol. The largest absolute Gasteiger partial charge is 0.338 e. The van der Waals surface area contributed by atoms with Gasteiger partial charge < -0.3 is 10.2 Å². The molecule has 1 heterocycles. The fraction of sp³-hybridized carbons (Fsp3) is 0.364. The van der Waals surface area contributed by atoms with Gasteiger partial charge in [-0.25, -0.2) is 0 Å². The van der Waals surface area contributed by atoms with Gasteiger partial charge in [-0.15, -0.1) is 0 Å². The molecule has 4 heteroatoms. The number of anilines is 1. The third-order valence-corrected chi connectivity index (χ3v) is 5.04. The number of nitrogens with zero attached hydrogens (tertiary/aromatic N) is 1. The number of amides is 2. The SMILES string of the molecule is Cc1cccc(C)c1NC(=O)c1cccc(C(=O)N2CCCC(C)C2)c1. The van der Waals surface area contributed by atoms with Gasteiger partial charge in [0.25, 0.3) is 11.8 Å². The molecule has 1 fully saturated rings. The molecule has 3 rings (SSSR count). The van der Waals surface area contributed by atoms with Crippen LogP contribution in [0, 0.1) is 19.8 Å². The Kier molecular flexibility index (Phi) is 5.40. The van der Waals surface area contributed by atoms with Gasteiger partial charge >= 0.3 is 0 Å². The van der Waals surface area contributed by atoms with Gasteiger partial charge in [0, 0.05) is 29.9 Å². The van der Waals surface area contributed by atoms with Crippen LogP contribution in [0.1, 0.15) is 51.6 Å². The maximum Gasteiger partial charge on any atom is 0.255 e. The molecule has 0 aliphatic carbocycles. The Morgan fingerprint density at radius 2 is 1.69 bits per heavy atom. The predicted octanol–water partition coefficient (Wildman–Crippen LogP) is 4.43. The van der Waals surface area contributed by atoms with E-state index >= 15 is 0 Å². The van der Waals surface area contributed by atoms with E-state index in [1.165, 1.54) is 6.42 Å². The van der Waals surface area contributed by atoms with Crippen molar-refractivity contribution in [3.8, 4) is 0 Å². The lowest BCUT2D eigenvalue weighted by Gasteiger charge is -2.31. The summed E-state index contributed by atoms with van der Waals surface area (Å²) in [5, 5.41) is 2.98. The van der Waals surface area contributed by atoms with Gasteiger partial charge in [0.1, 0.15) is 0 Å². The second-order valence-corrected chi connectivity index (χ2v) is 7.30. The van der Waals surface area contributed by atoms with Crippen molar-refractivity contribution in [2.45, 2.75) is 33.6 Å². The fourth-order valence-electron chi connectivity index (χ4n) is 3.55. The van der Waals surface area contributed by atoms with E-state index in [1.807, 2.05) is 36.9 Å². The molecule has 0 aromatic heterocycles. The van der Waals surface area contributed by atoms with Gasteiger partial charge in [0.05, 0.1) is 0 Å². The minimum atomic E-state index is -0.191. The molecule has 1 saturated heterocycles. The number of hydrogen-bond donors (Lipinski definition) is 1. The Morgan fingerprint density at radius 3 is 2.38 bits per heavy atom. The molecule has 0 spiro atoms. The maximum atomic E-state index is 12.8. The number of aryl methyl sites for hydroxylation is 2. The molecule has 2 aromatic rings. The van der Waals surface area contributed by atoms with Crippen molar-refractivity contribution in [3.05, 3.63) is 64.7 Å². The van der Waals surface area contributed by atoms with Crippen molar-refractivity contribution in [1.82, 2.24) is 4.90 Å². The molecule has 0 saturated carbocycles. The third-order valence-electron chi connectivity index (χ3n) is 5.04. The highest BCUT2D eigenvalue weighted by Gasteiger charge is 2.22. The summed E-state index contributed by atoms with van der Waals surface area (Å²) in [4.78, 5) is 27.4. The molecule has 4 nitrogen and oxygen atoms in total. The zero-order valence-corrected chi connectivity index (χ0v) is 15.7. The van der Waals surface area contributed by atoms with Crippen LogP contribution in [0.3, 0.4) is 0 Å². The lowest BCUT2D eigenvalue weighted by atomic mass is 9.99. The number of piperidine rings is 1. The van der Waals surface area contributed by atoms with Crippen molar-refractivity contribution < 1.29 is 9.59 Å². The van der Waals surface area contributed by atoms with Crippen LogP contribution in [0.25, 0.3) is 0 Å². The molecule has 1 aliphatic heterocycles. The highest BCUT2D eigenvalue weighted by molar-refractivity contribution is 6.06. The monoisotopic (exact) mass is 350 g/mol. The summed E-state index contributed by atoms with van der Waals surface area (Å²) in [7, 11) is 0. The van der Waals surface area contributed by atoms with E-state index < -0.39 is 0 Å². The highest BCUT2D eigenvalue weighted by Crippen LogP contribution is 2.21. The van der Waals surface area contributed by atoms with Crippen molar-refractivity contribution in [2.24, 2.45) is 5.92 Å². The number of carbonyl (C=O) groups is 2. The molecule has 1 N–H and O–H groups in total. The summed E-state index contributed by atoms with van der Waals surface area (Å²) in [6.07, 6.45) is 2.21. The molecule has 1 aliphatic rings. The number of hydrogen-bond acceptors (Lipinski definition) is 2. The van der Waals surface area contributed by atoms with Gasteiger partial charge in [0.2, 0.25) is 0 Å². The van der Waals surface area contributed by atoms with Gasteiger partial charge in [0.15, 0.2) is 0 Å². The summed E-state index contributed by atoms with van der Waals surface area (Å²) in [6, 6.07) is 12.9. The van der Waals surface area contributed by atoms with Crippen LogP contribution < -0.4 is 5.32 Å². The number of likely N-dealkylation sites (tertiary alicyclic amines) is 1. The number of rotatable bonds is 3. The van der Waals surface area contributed by atoms with Gasteiger partial charge in [-0.05, 0) is 61.9 Å². The maximum absolute atomic E-state index is 12.8. The van der Waals surface area contributed by atoms with E-state index in [0.29, 0.717) is 17.0 Å². The quantitative estimate of drug-likeness (QED) is 0.890. The van der Waals surface area contributed by atoms with Crippen LogP contribution in [0.5, 0.6) is 0 Å². The molecule has 2 aromatic carbocycles. The standard InChI is InChI=1S/C22H26N2O2/c1-15-7-6-12-24(14-15)22(26)19-11-5-10-18(13-19)21(25)23-20-16(2)8-4-9-17(20)3/h4-5,8-11,13,15H,6-7,12,14H2,1-3H3,(H,23,25). The van der Waals surface area contributed by atoms with E-state index in [9.17, 15) is 9.59 Å². The molecule has 1 unspecified atom stereocenters. The summed E-state index contributed by atoms with van der Waals surface area (Å²) in [5.41, 5.74) is 3.96. The number of benzene rings is 2. The first-order chi connectivity index (χ1) is 12.5. The van der Waals surface area contributed by atoms with Crippen molar-refractivity contribution in [2.75, 3.05) is 18.4 Å². The Hall–Kier alpha value is -2.62. The van der Waals surface area contributed by atoms with Crippen molar-refractivity contribution >= 4 is 17.5 Å². The Bertz CT molecular complexity index is 808. The smallest absolute Gasteiger partial charge is 0.255 e. The third kappa shape index (κ3) is 3.96. The van der Waals surface area contributed by atoms with Crippen LogP contribution in [0.15, 0.2) is 42.5 Å². The molecular formula is C22H26N2O2. The van der Waals surface area contributed by atoms with Crippen LogP contribution in [0.4, 0.5) is 5.69 Å². The number of carbonyl (C=O) groups excluding carboxylic acids is 2. The molecule has 136 valence electrons. The van der Waals surface area contributed by atoms with Crippen LogP contribution in [-0.2, 0) is 0 Å². The van der Waals surface area contributed by atoms with E-state index in [4.69, 9.17) is 0 Å². The molecule has 0 bridgehead atoms. The van der Waals surface area contributed by atoms with Crippen molar-refractivity contribution in [1.29, 1.82) is 0 Å². The molecule has 26 heavy (non-hydrogen) atoms. The summed E-state index contributed by atoms with van der Waals surface area (Å²) in [6.45, 7) is 7.70. The zero-order chi connectivity index (χ0) is 18.7. The lowest BCUT2D eigenvalue weighted by Crippen LogP contribution is -2.39. The lowest BCUT2D eigenvalue weighted by molar-refractivity contribution is 0.0683. The topological polar surface area (TPSA) is 49.4 Å². The first-order valence-corrected chi connectivity index (χ1v) is 9.22. The summed E-state index contributed by atoms with van der Waals surface area (Å²) >= 11 is 0. The number of nitrogens with one attached hydrogen (secondary N) is 1. The van der Waals surface area contributed by atoms with Gasteiger partial charge in [-0.1, -0.05) is 31.2 Å². The van der Waals surface area contributed by atoms with E-state index in [-0.39, 0.29) is 11.8 Å². The number of para-hydroxylation sites is 1. The second-order valence-electron chi connectivity index (χ2n) is 7.30. The van der Waals surface area contributed by atoms with Crippen molar-refractivity contribution in [3.63, 3.8) is 0 Å². The molecule has 1 atom stereocenters. The Balaban J connectivity index is 1.78. The minimum absolute atomic E-state index is 0.0123. The Labute approximate surface area is 155 Å². The highest BCUT2D eigenvalue weighted by atomic mass is 16.2. The van der Waals surface area contributed by atoms with E-state index in [1.54, 1.807) is 24.3 Å². The first kappa shape index (κ1) is 18.2. The van der Waals surface area contributed by atoms with E-state index in [0.717, 1.165) is 36.3 Å².